The van der Waals surface area contributed by atoms with Gasteiger partial charge in [0.25, 0.3) is 5.56 Å². The molecule has 1 aromatic carbocycles. The Labute approximate surface area is 201 Å². The summed E-state index contributed by atoms with van der Waals surface area (Å²) in [5, 5.41) is 12.9. The minimum absolute atomic E-state index is 0.0796. The predicted octanol–water partition coefficient (Wildman–Crippen LogP) is 4.60. The quantitative estimate of drug-likeness (QED) is 0.406. The Hall–Kier alpha value is -2.48. The first-order valence-electron chi connectivity index (χ1n) is 11.7. The Morgan fingerprint density at radius 1 is 1.24 bits per heavy atom. The highest BCUT2D eigenvalue weighted by Crippen LogP contribution is 2.39. The van der Waals surface area contributed by atoms with Crippen molar-refractivity contribution in [1.29, 1.82) is 0 Å². The van der Waals surface area contributed by atoms with E-state index >= 15 is 0 Å². The van der Waals surface area contributed by atoms with E-state index in [2.05, 4.69) is 26.6 Å². The maximum Gasteiger partial charge on any atom is 0.262 e. The van der Waals surface area contributed by atoms with Crippen LogP contribution in [0.3, 0.4) is 0 Å². The first-order chi connectivity index (χ1) is 16.1. The number of aryl methyl sites for hydroxylation is 3. The van der Waals surface area contributed by atoms with Crippen LogP contribution in [-0.4, -0.2) is 25.8 Å². The van der Waals surface area contributed by atoms with Gasteiger partial charge in [0, 0.05) is 40.6 Å². The lowest BCUT2D eigenvalue weighted by molar-refractivity contribution is 0.459. The number of thiophene rings is 1. The van der Waals surface area contributed by atoms with Gasteiger partial charge in [0.05, 0.1) is 17.4 Å². The number of halogens is 1. The number of fused-ring (bicyclic) bond motifs is 3. The third kappa shape index (κ3) is 4.37. The molecule has 33 heavy (non-hydrogen) atoms. The number of hydrogen-bond donors (Lipinski definition) is 2. The molecular weight excluding hydrogens is 454 g/mol. The molecule has 3 heterocycles. The van der Waals surface area contributed by atoms with E-state index in [9.17, 15) is 4.79 Å². The van der Waals surface area contributed by atoms with Crippen molar-refractivity contribution < 1.29 is 0 Å². The van der Waals surface area contributed by atoms with Crippen molar-refractivity contribution in [2.24, 2.45) is 0 Å². The first kappa shape index (κ1) is 21.1. The fraction of sp³-hybridized carbons (Fsp3) is 0.400. The number of hydrogen-bond acceptors (Lipinski definition) is 5. The fourth-order valence-electron chi connectivity index (χ4n) is 4.79. The summed E-state index contributed by atoms with van der Waals surface area (Å²) in [7, 11) is 0. The molecule has 2 aliphatic rings. The van der Waals surface area contributed by atoms with Crippen molar-refractivity contribution >= 4 is 33.2 Å². The third-order valence-corrected chi connectivity index (χ3v) is 8.19. The highest BCUT2D eigenvalue weighted by Gasteiger charge is 2.27. The van der Waals surface area contributed by atoms with Crippen LogP contribution in [0.2, 0.25) is 5.02 Å². The molecule has 8 heteroatoms. The average molecular weight is 480 g/mol. The molecule has 0 bridgehead atoms. The van der Waals surface area contributed by atoms with E-state index in [-0.39, 0.29) is 5.56 Å². The van der Waals surface area contributed by atoms with E-state index < -0.39 is 0 Å². The van der Waals surface area contributed by atoms with Crippen molar-refractivity contribution in [3.63, 3.8) is 0 Å². The van der Waals surface area contributed by atoms with Crippen LogP contribution >= 0.6 is 22.9 Å². The second kappa shape index (κ2) is 8.70. The topological polar surface area (TPSA) is 75.6 Å². The molecule has 2 N–H and O–H groups in total. The number of benzene rings is 1. The van der Waals surface area contributed by atoms with Gasteiger partial charge in [-0.15, -0.1) is 11.3 Å². The number of nitrogens with zero attached hydrogens (tertiary/aromatic N) is 3. The van der Waals surface area contributed by atoms with Crippen molar-refractivity contribution in [3.05, 3.63) is 79.4 Å². The maximum absolute atomic E-state index is 13.3. The Kier molecular flexibility index (Phi) is 5.56. The predicted molar refractivity (Wildman–Crippen MR) is 132 cm³/mol. The van der Waals surface area contributed by atoms with Gasteiger partial charge < -0.3 is 5.32 Å². The molecule has 0 amide bonds. The van der Waals surface area contributed by atoms with E-state index in [0.717, 1.165) is 58.7 Å². The van der Waals surface area contributed by atoms with Gasteiger partial charge in [0.2, 0.25) is 0 Å². The summed E-state index contributed by atoms with van der Waals surface area (Å²) in [4.78, 5) is 20.1. The van der Waals surface area contributed by atoms with E-state index in [0.29, 0.717) is 18.5 Å². The number of aromatic amines is 1. The molecule has 1 fully saturated rings. The van der Waals surface area contributed by atoms with Crippen LogP contribution in [0.5, 0.6) is 0 Å². The lowest BCUT2D eigenvalue weighted by atomic mass is 9.93. The second-order valence-electron chi connectivity index (χ2n) is 9.22. The van der Waals surface area contributed by atoms with Crippen LogP contribution in [0.15, 0.2) is 41.5 Å². The first-order valence-corrected chi connectivity index (χ1v) is 12.8. The monoisotopic (exact) mass is 479 g/mol. The summed E-state index contributed by atoms with van der Waals surface area (Å²) < 4.78 is 1.75. The van der Waals surface area contributed by atoms with Crippen molar-refractivity contribution in [3.8, 4) is 0 Å². The minimum atomic E-state index is 0.0796. The lowest BCUT2D eigenvalue weighted by Crippen LogP contribution is -2.34. The number of aromatic nitrogens is 4. The standard InChI is InChI=1S/C25H26ClN5OS/c26-17-3-1-2-15(10-17)8-9-31-14-28-24-23(25(31)32)20-7-6-18(12-22(20)33-24)27-13-19-11-21(30-29-19)16-4-5-16/h1-3,10-11,14,16,18,27H,4-9,12-13H2,(H,29,30). The highest BCUT2D eigenvalue weighted by molar-refractivity contribution is 7.18. The third-order valence-electron chi connectivity index (χ3n) is 6.79. The highest BCUT2D eigenvalue weighted by atomic mass is 35.5. The van der Waals surface area contributed by atoms with Gasteiger partial charge in [0.15, 0.2) is 0 Å². The van der Waals surface area contributed by atoms with E-state index in [4.69, 9.17) is 11.6 Å². The zero-order chi connectivity index (χ0) is 22.4. The Morgan fingerprint density at radius 2 is 2.15 bits per heavy atom. The van der Waals surface area contributed by atoms with Gasteiger partial charge in [0.1, 0.15) is 4.83 Å². The van der Waals surface area contributed by atoms with E-state index in [1.807, 2.05) is 24.3 Å². The molecule has 1 saturated carbocycles. The van der Waals surface area contributed by atoms with Crippen molar-refractivity contribution in [2.75, 3.05) is 0 Å². The zero-order valence-electron chi connectivity index (χ0n) is 18.3. The van der Waals surface area contributed by atoms with Crippen LogP contribution < -0.4 is 10.9 Å². The van der Waals surface area contributed by atoms with E-state index in [1.165, 1.54) is 29.0 Å². The molecule has 170 valence electrons. The number of rotatable bonds is 7. The minimum Gasteiger partial charge on any atom is -0.308 e. The van der Waals surface area contributed by atoms with Gasteiger partial charge in [-0.25, -0.2) is 4.98 Å². The van der Waals surface area contributed by atoms with Gasteiger partial charge in [-0.1, -0.05) is 23.7 Å². The Bertz CT molecular complexity index is 1370. The summed E-state index contributed by atoms with van der Waals surface area (Å²) >= 11 is 7.77. The van der Waals surface area contributed by atoms with Gasteiger partial charge in [-0.05, 0) is 67.9 Å². The maximum atomic E-state index is 13.3. The largest absolute Gasteiger partial charge is 0.308 e. The molecule has 0 saturated heterocycles. The smallest absolute Gasteiger partial charge is 0.262 e. The van der Waals surface area contributed by atoms with Gasteiger partial charge in [-0.3, -0.25) is 14.5 Å². The summed E-state index contributed by atoms with van der Waals surface area (Å²) in [6, 6.07) is 10.4. The molecule has 0 spiro atoms. The van der Waals surface area contributed by atoms with Crippen LogP contribution in [-0.2, 0) is 32.4 Å². The molecule has 4 aromatic rings. The molecule has 3 aromatic heterocycles. The van der Waals surface area contributed by atoms with Crippen molar-refractivity contribution in [1.82, 2.24) is 25.1 Å². The Morgan fingerprint density at radius 3 is 3.00 bits per heavy atom. The number of nitrogens with one attached hydrogen (secondary N) is 2. The normalized spacial score (nSPS) is 18.0. The van der Waals surface area contributed by atoms with Gasteiger partial charge >= 0.3 is 0 Å². The number of H-pyrrole nitrogens is 1. The SMILES string of the molecule is O=c1c2c3c(sc2ncn1CCc1cccc(Cl)c1)CC(NCc1cc(C2CC2)n[nH]1)CC3. The summed E-state index contributed by atoms with van der Waals surface area (Å²) in [5.41, 5.74) is 4.77. The van der Waals surface area contributed by atoms with Crippen LogP contribution in [0.1, 0.15) is 52.6 Å². The molecular formula is C25H26ClN5OS. The molecule has 6 nitrogen and oxygen atoms in total. The zero-order valence-corrected chi connectivity index (χ0v) is 19.9. The Balaban J connectivity index is 1.15. The van der Waals surface area contributed by atoms with Crippen LogP contribution in [0.4, 0.5) is 0 Å². The fourth-order valence-corrected chi connectivity index (χ4v) is 6.26. The molecule has 1 atom stereocenters. The molecule has 1 unspecified atom stereocenters. The van der Waals surface area contributed by atoms with Crippen molar-refractivity contribution in [2.45, 2.75) is 63.6 Å². The lowest BCUT2D eigenvalue weighted by Gasteiger charge is -2.23. The molecule has 2 aliphatic carbocycles. The molecule has 0 aliphatic heterocycles. The second-order valence-corrected chi connectivity index (χ2v) is 10.7. The van der Waals surface area contributed by atoms with Gasteiger partial charge in [-0.2, -0.15) is 5.10 Å². The van der Waals surface area contributed by atoms with Crippen LogP contribution in [0, 0.1) is 0 Å². The summed E-state index contributed by atoms with van der Waals surface area (Å²) in [6.07, 6.45) is 7.88. The summed E-state index contributed by atoms with van der Waals surface area (Å²) in [6.45, 7) is 1.41. The average Bonchev–Trinajstić information content (AvgIpc) is 3.43. The molecule has 0 radical (unpaired) electrons. The van der Waals surface area contributed by atoms with Crippen LogP contribution in [0.25, 0.3) is 10.2 Å². The summed E-state index contributed by atoms with van der Waals surface area (Å²) in [5.74, 6) is 0.674. The van der Waals surface area contributed by atoms with E-state index in [1.54, 1.807) is 22.2 Å². The molecule has 6 rings (SSSR count).